The van der Waals surface area contributed by atoms with Gasteiger partial charge in [-0.25, -0.2) is 4.98 Å². The maximum atomic E-state index is 6.68. The highest BCUT2D eigenvalue weighted by atomic mass is 32.4. The number of hydrogen-bond acceptors (Lipinski definition) is 2. The van der Waals surface area contributed by atoms with Crippen LogP contribution in [0, 0.1) is 0 Å². The first kappa shape index (κ1) is 24.7. The zero-order valence-electron chi connectivity index (χ0n) is 21.8. The number of aromatic nitrogens is 1. The first-order valence-electron chi connectivity index (χ1n) is 13.4. The standard InChI is InChI=1S/C37H26NPS/c40-39(30-13-5-2-6-14-30,31-23-19-28(20-24-31)27-11-3-1-4-12-27)32-25-21-29(22-26-32)37-33-15-7-9-17-35(33)38-36-18-10-8-16-34(36)37/h1-26H. The minimum atomic E-state index is -2.27. The van der Waals surface area contributed by atoms with E-state index < -0.39 is 6.04 Å². The molecule has 0 saturated heterocycles. The van der Waals surface area contributed by atoms with Crippen LogP contribution in [0.5, 0.6) is 0 Å². The van der Waals surface area contributed by atoms with Crippen molar-refractivity contribution in [1.82, 2.24) is 4.98 Å². The van der Waals surface area contributed by atoms with Crippen molar-refractivity contribution in [3.63, 3.8) is 0 Å². The fraction of sp³-hybridized carbons (Fsp3) is 0. The van der Waals surface area contributed by atoms with Crippen LogP contribution in [-0.4, -0.2) is 4.98 Å². The third kappa shape index (κ3) is 4.27. The Morgan fingerprint density at radius 1 is 0.375 bits per heavy atom. The second kappa shape index (κ2) is 10.3. The van der Waals surface area contributed by atoms with Crippen molar-refractivity contribution in [3.05, 3.63) is 158 Å². The van der Waals surface area contributed by atoms with E-state index in [1.54, 1.807) is 0 Å². The zero-order valence-corrected chi connectivity index (χ0v) is 23.5. The summed E-state index contributed by atoms with van der Waals surface area (Å²) in [7, 11) is 0. The van der Waals surface area contributed by atoms with Crippen LogP contribution in [0.2, 0.25) is 0 Å². The highest BCUT2D eigenvalue weighted by Gasteiger charge is 2.25. The molecule has 0 saturated carbocycles. The fourth-order valence-corrected chi connectivity index (χ4v) is 9.29. The van der Waals surface area contributed by atoms with E-state index in [2.05, 4.69) is 152 Å². The summed E-state index contributed by atoms with van der Waals surface area (Å²) in [5.74, 6) is 0. The summed E-state index contributed by atoms with van der Waals surface area (Å²) in [6, 6.07) is 53.5. The average molecular weight is 548 g/mol. The Labute approximate surface area is 239 Å². The van der Waals surface area contributed by atoms with Crippen molar-refractivity contribution in [3.8, 4) is 22.3 Å². The minimum absolute atomic E-state index is 1.01. The van der Waals surface area contributed by atoms with Crippen molar-refractivity contribution in [2.45, 2.75) is 0 Å². The molecule has 40 heavy (non-hydrogen) atoms. The second-order valence-electron chi connectivity index (χ2n) is 9.93. The van der Waals surface area contributed by atoms with Crippen LogP contribution >= 0.6 is 6.04 Å². The Morgan fingerprint density at radius 3 is 1.32 bits per heavy atom. The van der Waals surface area contributed by atoms with Gasteiger partial charge in [0, 0.05) is 22.4 Å². The molecule has 0 aliphatic rings. The molecule has 6 aromatic carbocycles. The molecule has 1 aromatic heterocycles. The van der Waals surface area contributed by atoms with Gasteiger partial charge in [0.1, 0.15) is 0 Å². The van der Waals surface area contributed by atoms with Crippen molar-refractivity contribution in [2.75, 3.05) is 0 Å². The number of fused-ring (bicyclic) bond motifs is 2. The monoisotopic (exact) mass is 547 g/mol. The summed E-state index contributed by atoms with van der Waals surface area (Å²) in [5.41, 5.74) is 6.82. The van der Waals surface area contributed by atoms with E-state index in [1.165, 1.54) is 38.2 Å². The van der Waals surface area contributed by atoms with Crippen molar-refractivity contribution in [1.29, 1.82) is 0 Å². The number of pyridine rings is 1. The van der Waals surface area contributed by atoms with E-state index >= 15 is 0 Å². The topological polar surface area (TPSA) is 12.9 Å². The average Bonchev–Trinajstić information content (AvgIpc) is 3.04. The van der Waals surface area contributed by atoms with Gasteiger partial charge in [-0.3, -0.25) is 0 Å². The molecule has 0 radical (unpaired) electrons. The summed E-state index contributed by atoms with van der Waals surface area (Å²) < 4.78 is 0. The zero-order chi connectivity index (χ0) is 26.9. The summed E-state index contributed by atoms with van der Waals surface area (Å²) in [5, 5.41) is 5.90. The summed E-state index contributed by atoms with van der Waals surface area (Å²) in [6.45, 7) is 0. The van der Waals surface area contributed by atoms with E-state index in [1.807, 2.05) is 6.07 Å². The second-order valence-corrected chi connectivity index (χ2v) is 14.3. The van der Waals surface area contributed by atoms with E-state index in [0.29, 0.717) is 0 Å². The minimum Gasteiger partial charge on any atom is -0.248 e. The maximum absolute atomic E-state index is 6.68. The van der Waals surface area contributed by atoms with Gasteiger partial charge < -0.3 is 0 Å². The van der Waals surface area contributed by atoms with E-state index in [0.717, 1.165) is 21.8 Å². The molecule has 0 fully saturated rings. The molecule has 1 atom stereocenters. The number of rotatable bonds is 5. The van der Waals surface area contributed by atoms with Crippen LogP contribution in [0.15, 0.2) is 158 Å². The first-order valence-corrected chi connectivity index (χ1v) is 16.2. The van der Waals surface area contributed by atoms with Gasteiger partial charge in [-0.15, -0.1) is 0 Å². The third-order valence-corrected chi connectivity index (χ3v) is 12.5. The molecular formula is C37H26NPS. The number of nitrogens with zero attached hydrogens (tertiary/aromatic N) is 1. The fourth-order valence-electron chi connectivity index (χ4n) is 5.57. The van der Waals surface area contributed by atoms with Crippen molar-refractivity contribution < 1.29 is 0 Å². The molecule has 0 aliphatic heterocycles. The summed E-state index contributed by atoms with van der Waals surface area (Å²) in [6.07, 6.45) is 0. The largest absolute Gasteiger partial charge is 0.248 e. The molecule has 3 heteroatoms. The van der Waals surface area contributed by atoms with Gasteiger partial charge in [0.05, 0.1) is 11.0 Å². The van der Waals surface area contributed by atoms with Gasteiger partial charge in [-0.05, 0) is 44.7 Å². The molecule has 0 spiro atoms. The number of benzene rings is 6. The van der Waals surface area contributed by atoms with Gasteiger partial charge in [0.25, 0.3) is 0 Å². The van der Waals surface area contributed by atoms with E-state index in [9.17, 15) is 0 Å². The highest BCUT2D eigenvalue weighted by molar-refractivity contribution is 8.25. The van der Waals surface area contributed by atoms with Crippen molar-refractivity contribution >= 4 is 55.6 Å². The van der Waals surface area contributed by atoms with Gasteiger partial charge in [0.2, 0.25) is 0 Å². The van der Waals surface area contributed by atoms with Crippen LogP contribution in [-0.2, 0) is 11.8 Å². The van der Waals surface area contributed by atoms with Crippen LogP contribution in [0.4, 0.5) is 0 Å². The van der Waals surface area contributed by atoms with Gasteiger partial charge in [-0.2, -0.15) is 0 Å². The lowest BCUT2D eigenvalue weighted by atomic mass is 9.96. The van der Waals surface area contributed by atoms with Gasteiger partial charge in [0.15, 0.2) is 0 Å². The normalized spacial score (nSPS) is 12.8. The molecule has 0 amide bonds. The lowest BCUT2D eigenvalue weighted by Crippen LogP contribution is -2.24. The molecule has 0 bridgehead atoms. The van der Waals surface area contributed by atoms with Crippen LogP contribution < -0.4 is 15.9 Å². The quantitative estimate of drug-likeness (QED) is 0.158. The predicted octanol–water partition coefficient (Wildman–Crippen LogP) is 8.48. The number of para-hydroxylation sites is 2. The Hall–Kier alpha value is -4.36. The van der Waals surface area contributed by atoms with Gasteiger partial charge >= 0.3 is 0 Å². The first-order chi connectivity index (χ1) is 19.7. The van der Waals surface area contributed by atoms with Gasteiger partial charge in [-0.1, -0.05) is 157 Å². The maximum Gasteiger partial charge on any atom is 0.0715 e. The molecule has 190 valence electrons. The summed E-state index contributed by atoms with van der Waals surface area (Å²) in [4.78, 5) is 4.92. The Bertz CT molecular complexity index is 1940. The molecule has 0 N–H and O–H groups in total. The Kier molecular flexibility index (Phi) is 6.36. The Morgan fingerprint density at radius 2 is 0.775 bits per heavy atom. The van der Waals surface area contributed by atoms with E-state index in [4.69, 9.17) is 16.8 Å². The molecule has 7 rings (SSSR count). The van der Waals surface area contributed by atoms with Crippen LogP contribution in [0.25, 0.3) is 44.1 Å². The predicted molar refractivity (Wildman–Crippen MR) is 176 cm³/mol. The highest BCUT2D eigenvalue weighted by Crippen LogP contribution is 2.44. The lowest BCUT2D eigenvalue weighted by molar-refractivity contribution is 1.49. The molecular weight excluding hydrogens is 521 g/mol. The third-order valence-electron chi connectivity index (χ3n) is 7.57. The SMILES string of the molecule is S=P(c1ccccc1)(c1ccc(-c2ccccc2)cc1)c1ccc(-c2c3ccccc3nc3ccccc23)cc1. The molecule has 1 unspecified atom stereocenters. The number of hydrogen-bond donors (Lipinski definition) is 0. The molecule has 0 aliphatic carbocycles. The lowest BCUT2D eigenvalue weighted by Gasteiger charge is -2.25. The Balaban J connectivity index is 1.37. The smallest absolute Gasteiger partial charge is 0.0715 e. The van der Waals surface area contributed by atoms with E-state index in [-0.39, 0.29) is 0 Å². The van der Waals surface area contributed by atoms with Crippen molar-refractivity contribution in [2.24, 2.45) is 0 Å². The molecule has 1 heterocycles. The molecule has 1 nitrogen and oxygen atoms in total. The summed E-state index contributed by atoms with van der Waals surface area (Å²) >= 11 is 6.68. The van der Waals surface area contributed by atoms with Crippen LogP contribution in [0.3, 0.4) is 0 Å². The molecule has 7 aromatic rings. The van der Waals surface area contributed by atoms with Crippen LogP contribution in [0.1, 0.15) is 0 Å².